The average Bonchev–Trinajstić information content (AvgIpc) is 4.15. The number of carbonyl (C=O) groups excluding carboxylic acids is 5. The Balaban J connectivity index is 0.788. The summed E-state index contributed by atoms with van der Waals surface area (Å²) in [6, 6.07) is 10.8. The van der Waals surface area contributed by atoms with Crippen LogP contribution in [0.3, 0.4) is 0 Å². The van der Waals surface area contributed by atoms with Crippen LogP contribution in [0, 0.1) is 11.8 Å². The first-order chi connectivity index (χ1) is 34.7. The molecule has 0 spiro atoms. The summed E-state index contributed by atoms with van der Waals surface area (Å²) < 4.78 is 13.7. The third-order valence-corrected chi connectivity index (χ3v) is 14.8. The van der Waals surface area contributed by atoms with Crippen molar-refractivity contribution in [3.8, 4) is 28.8 Å². The number of hydrogen-bond acceptors (Lipinski definition) is 13. The number of piperidine rings is 1. The van der Waals surface area contributed by atoms with Gasteiger partial charge in [-0.05, 0) is 115 Å². The van der Waals surface area contributed by atoms with Crippen molar-refractivity contribution in [2.24, 2.45) is 0 Å². The molecule has 2 atom stereocenters. The van der Waals surface area contributed by atoms with Gasteiger partial charge in [-0.1, -0.05) is 55.4 Å². The smallest absolute Gasteiger partial charge is 0.410 e. The lowest BCUT2D eigenvalue weighted by Gasteiger charge is -2.43. The fraction of sp³-hybridized carbons (Fsp3) is 0.537. The molecule has 1 unspecified atom stereocenters. The molecule has 2 aromatic heterocycles. The maximum atomic E-state index is 13.7. The van der Waals surface area contributed by atoms with E-state index in [1.165, 1.54) is 0 Å². The number of anilines is 4. The molecule has 18 nitrogen and oxygen atoms in total. The standard InChI is InChI=1S/C54H67N11O7/c1-7-43-51(69)61(5)45-31-55-52(58-48(45)65(43)38-18-12-13-19-38)56-41-26-21-35(30-46(41)71-6)42-33-64(60-59-42)37-24-22-36(23-25-37)62(53(70)72-54(2,3)4)29-14-10-8-9-11-16-34-17-15-20-39-40(34)32-63(50(39)68)44-27-28-47(66)57-49(44)67/h15,17,20-21,26,30-31,33,36-38,43-44H,7-10,12-14,18-19,22-25,27-29,32H2,1-6H3,(H,55,56,58)(H,57,66,67)/t36-,37+,43-,44?/m1/s1. The number of aromatic nitrogens is 5. The van der Waals surface area contributed by atoms with Gasteiger partial charge in [0.25, 0.3) is 5.91 Å². The van der Waals surface area contributed by atoms with Gasteiger partial charge in [0.05, 0.1) is 31.2 Å². The van der Waals surface area contributed by atoms with E-state index < -0.39 is 17.6 Å². The molecule has 0 radical (unpaired) electrons. The number of hydrogen-bond donors (Lipinski definition) is 2. The molecule has 3 fully saturated rings. The van der Waals surface area contributed by atoms with Gasteiger partial charge < -0.3 is 34.4 Å². The van der Waals surface area contributed by atoms with Crippen molar-refractivity contribution in [1.82, 2.24) is 40.1 Å². The van der Waals surface area contributed by atoms with Crippen molar-refractivity contribution in [3.05, 3.63) is 65.5 Å². The highest BCUT2D eigenvalue weighted by Gasteiger charge is 2.42. The maximum absolute atomic E-state index is 13.7. The minimum absolute atomic E-state index is 0.0344. The summed E-state index contributed by atoms with van der Waals surface area (Å²) >= 11 is 0. The lowest BCUT2D eigenvalue weighted by atomic mass is 9.90. The zero-order valence-electron chi connectivity index (χ0n) is 42.4. The lowest BCUT2D eigenvalue weighted by Crippen LogP contribution is -2.55. The Morgan fingerprint density at radius 2 is 1.76 bits per heavy atom. The number of amides is 5. The number of benzene rings is 2. The number of nitrogens with one attached hydrogen (secondary N) is 2. The first kappa shape index (κ1) is 49.9. The van der Waals surface area contributed by atoms with Gasteiger partial charge in [-0.15, -0.1) is 5.10 Å². The Morgan fingerprint density at radius 1 is 0.972 bits per heavy atom. The minimum atomic E-state index is -0.669. The number of rotatable bonds is 14. The van der Waals surface area contributed by atoms with Crippen LogP contribution in [0.15, 0.2) is 48.8 Å². The van der Waals surface area contributed by atoms with Crippen LogP contribution < -0.4 is 25.2 Å². The molecule has 2 aliphatic carbocycles. The van der Waals surface area contributed by atoms with Gasteiger partial charge in [0.2, 0.25) is 23.7 Å². The number of methoxy groups -OCH3 is 1. The molecular weight excluding hydrogens is 915 g/mol. The molecule has 5 aliphatic rings. The fourth-order valence-corrected chi connectivity index (χ4v) is 11.0. The van der Waals surface area contributed by atoms with Crippen molar-refractivity contribution in [3.63, 3.8) is 0 Å². The molecule has 1 saturated heterocycles. The van der Waals surface area contributed by atoms with Crippen LogP contribution in [0.5, 0.6) is 5.75 Å². The largest absolute Gasteiger partial charge is 0.495 e. The average molecular weight is 982 g/mol. The van der Waals surface area contributed by atoms with Crippen molar-refractivity contribution in [1.29, 1.82) is 0 Å². The van der Waals surface area contributed by atoms with E-state index in [-0.39, 0.29) is 60.9 Å². The second-order valence-corrected chi connectivity index (χ2v) is 20.7. The topological polar surface area (TPSA) is 197 Å². The molecular formula is C54H67N11O7. The third kappa shape index (κ3) is 10.6. The van der Waals surface area contributed by atoms with Crippen LogP contribution in [0.4, 0.5) is 27.9 Å². The molecule has 72 heavy (non-hydrogen) atoms. The first-order valence-corrected chi connectivity index (χ1v) is 25.8. The van der Waals surface area contributed by atoms with Gasteiger partial charge in [-0.2, -0.15) is 4.98 Å². The molecule has 2 saturated carbocycles. The molecule has 0 bridgehead atoms. The quantitative estimate of drug-likeness (QED) is 0.0699. The van der Waals surface area contributed by atoms with Gasteiger partial charge >= 0.3 is 6.09 Å². The zero-order valence-corrected chi connectivity index (χ0v) is 42.4. The number of carbonyl (C=O) groups is 5. The summed E-state index contributed by atoms with van der Waals surface area (Å²) in [5.41, 5.74) is 4.50. The van der Waals surface area contributed by atoms with Crippen LogP contribution in [0.1, 0.15) is 152 Å². The third-order valence-electron chi connectivity index (χ3n) is 14.8. The Labute approximate surface area is 421 Å². The maximum Gasteiger partial charge on any atom is 0.410 e. The van der Waals surface area contributed by atoms with Crippen molar-refractivity contribution < 1.29 is 33.4 Å². The van der Waals surface area contributed by atoms with Crippen LogP contribution in [0.25, 0.3) is 11.3 Å². The van der Waals surface area contributed by atoms with E-state index in [9.17, 15) is 24.0 Å². The van der Waals surface area contributed by atoms with Crippen LogP contribution >= 0.6 is 0 Å². The molecule has 9 rings (SSSR count). The summed E-state index contributed by atoms with van der Waals surface area (Å²) in [5, 5.41) is 14.9. The number of fused-ring (bicyclic) bond motifs is 2. The van der Waals surface area contributed by atoms with Gasteiger partial charge in [0.15, 0.2) is 5.82 Å². The monoisotopic (exact) mass is 982 g/mol. The SMILES string of the molecule is CC[C@@H]1C(=O)N(C)c2cnc(Nc3ccc(-c4cn([C@H]5CC[C@@H](N(CCCCCC#Cc6cccc7c6CN(C6CCC(=O)NC6=O)C7=O)C(=O)OC(C)(C)C)CC5)nn4)cc3OC)nc2N1C1CCCC1. The molecule has 2 aromatic carbocycles. The minimum Gasteiger partial charge on any atom is -0.495 e. The summed E-state index contributed by atoms with van der Waals surface area (Å²) in [5.74, 6) is 7.47. The zero-order chi connectivity index (χ0) is 50.7. The molecule has 2 N–H and O–H groups in total. The van der Waals surface area contributed by atoms with Crippen LogP contribution in [0.2, 0.25) is 0 Å². The summed E-state index contributed by atoms with van der Waals surface area (Å²) in [6.07, 6.45) is 15.5. The Kier molecular flexibility index (Phi) is 14.8. The highest BCUT2D eigenvalue weighted by atomic mass is 16.6. The number of nitrogens with zero attached hydrogens (tertiary/aromatic N) is 9. The van der Waals surface area contributed by atoms with Crippen molar-refractivity contribution in [2.45, 2.75) is 166 Å². The number of imide groups is 1. The van der Waals surface area contributed by atoms with E-state index in [4.69, 9.17) is 14.5 Å². The lowest BCUT2D eigenvalue weighted by molar-refractivity contribution is -0.137. The molecule has 5 amide bonds. The Morgan fingerprint density at radius 3 is 2.50 bits per heavy atom. The van der Waals surface area contributed by atoms with E-state index in [1.807, 2.05) is 66.9 Å². The second-order valence-electron chi connectivity index (χ2n) is 20.7. The summed E-state index contributed by atoms with van der Waals surface area (Å²) in [6.45, 7) is 8.60. The van der Waals surface area contributed by atoms with E-state index in [2.05, 4.69) is 49.6 Å². The Bertz CT molecular complexity index is 2760. The molecule has 5 heterocycles. The number of ether oxygens (including phenoxy) is 2. The van der Waals surface area contributed by atoms with E-state index >= 15 is 0 Å². The van der Waals surface area contributed by atoms with E-state index in [0.29, 0.717) is 54.4 Å². The molecule has 3 aliphatic heterocycles. The highest BCUT2D eigenvalue weighted by molar-refractivity contribution is 6.06. The van der Waals surface area contributed by atoms with Gasteiger partial charge in [0, 0.05) is 61.8 Å². The first-order valence-electron chi connectivity index (χ1n) is 25.8. The van der Waals surface area contributed by atoms with Crippen molar-refractivity contribution >= 4 is 52.9 Å². The van der Waals surface area contributed by atoms with Crippen LogP contribution in [-0.2, 0) is 25.7 Å². The molecule has 18 heteroatoms. The van der Waals surface area contributed by atoms with Gasteiger partial charge in [-0.3, -0.25) is 24.5 Å². The van der Waals surface area contributed by atoms with Gasteiger partial charge in [0.1, 0.15) is 34.8 Å². The summed E-state index contributed by atoms with van der Waals surface area (Å²) in [7, 11) is 3.43. The second kappa shape index (κ2) is 21.4. The number of unbranched alkanes of at least 4 members (excludes halogenated alkanes) is 3. The van der Waals surface area contributed by atoms with E-state index in [1.54, 1.807) is 36.2 Å². The highest BCUT2D eigenvalue weighted by Crippen LogP contribution is 2.41. The predicted molar refractivity (Wildman–Crippen MR) is 272 cm³/mol. The normalized spacial score (nSPS) is 21.2. The fourth-order valence-electron chi connectivity index (χ4n) is 11.0. The van der Waals surface area contributed by atoms with E-state index in [0.717, 1.165) is 98.8 Å². The number of likely N-dealkylation sites (N-methyl/N-ethyl adjacent to an activating group) is 1. The Hall–Kier alpha value is -7.03. The summed E-state index contributed by atoms with van der Waals surface area (Å²) in [4.78, 5) is 81.5. The molecule has 380 valence electrons. The predicted octanol–water partition coefficient (Wildman–Crippen LogP) is 8.09. The molecule has 4 aromatic rings. The van der Waals surface area contributed by atoms with Gasteiger partial charge in [-0.25, -0.2) is 14.5 Å². The van der Waals surface area contributed by atoms with Crippen LogP contribution in [-0.4, -0.2) is 115 Å². The van der Waals surface area contributed by atoms with Crippen molar-refractivity contribution in [2.75, 3.05) is 35.8 Å².